The third-order valence-corrected chi connectivity index (χ3v) is 5.25. The Morgan fingerprint density at radius 2 is 2.11 bits per heavy atom. The Hall–Kier alpha value is -2.65. The lowest BCUT2D eigenvalue weighted by atomic mass is 10.2. The molecule has 138 valence electrons. The zero-order valence-corrected chi connectivity index (χ0v) is 16.7. The van der Waals surface area contributed by atoms with Crippen LogP contribution in [0.1, 0.15) is 16.2 Å². The molecule has 0 radical (unpaired) electrons. The summed E-state index contributed by atoms with van der Waals surface area (Å²) in [6.45, 7) is 0.473. The molecule has 9 heteroatoms. The molecular weight excluding hydrogens is 432 g/mol. The van der Waals surface area contributed by atoms with Crippen LogP contribution in [-0.4, -0.2) is 34.2 Å². The number of furan rings is 1. The number of carbonyl (C=O) groups is 1. The number of hydrogen-bond donors (Lipinski definition) is 1. The fraction of sp³-hybridized carbons (Fsp3) is 0.167. The van der Waals surface area contributed by atoms with Gasteiger partial charge in [0.2, 0.25) is 4.96 Å². The molecule has 0 bridgehead atoms. The van der Waals surface area contributed by atoms with Gasteiger partial charge >= 0.3 is 0 Å². The number of benzene rings is 1. The van der Waals surface area contributed by atoms with E-state index in [1.54, 1.807) is 19.2 Å². The summed E-state index contributed by atoms with van der Waals surface area (Å²) >= 11 is 4.71. The number of thiazole rings is 1. The Morgan fingerprint density at radius 3 is 2.81 bits per heavy atom. The SMILES string of the molecule is COc1ccc(-c2nc3scc(CCNC(=O)c4ccc(Br)o4)n3n2)cc1. The lowest BCUT2D eigenvalue weighted by Gasteiger charge is -2.02. The summed E-state index contributed by atoms with van der Waals surface area (Å²) in [4.78, 5) is 17.4. The van der Waals surface area contributed by atoms with Gasteiger partial charge in [-0.2, -0.15) is 4.98 Å². The number of hydrogen-bond acceptors (Lipinski definition) is 6. The van der Waals surface area contributed by atoms with Crippen molar-refractivity contribution in [2.75, 3.05) is 13.7 Å². The molecule has 0 aliphatic rings. The first-order valence-corrected chi connectivity index (χ1v) is 9.82. The summed E-state index contributed by atoms with van der Waals surface area (Å²) in [7, 11) is 1.63. The van der Waals surface area contributed by atoms with Gasteiger partial charge in [0.15, 0.2) is 16.3 Å². The number of carbonyl (C=O) groups excluding carboxylic acids is 1. The van der Waals surface area contributed by atoms with Gasteiger partial charge in [-0.05, 0) is 52.3 Å². The Bertz CT molecular complexity index is 1080. The van der Waals surface area contributed by atoms with Crippen LogP contribution in [0.2, 0.25) is 0 Å². The smallest absolute Gasteiger partial charge is 0.287 e. The molecule has 4 rings (SSSR count). The van der Waals surface area contributed by atoms with E-state index in [0.29, 0.717) is 23.5 Å². The molecule has 0 spiro atoms. The first-order valence-electron chi connectivity index (χ1n) is 8.15. The van der Waals surface area contributed by atoms with E-state index in [0.717, 1.165) is 22.0 Å². The first kappa shape index (κ1) is 17.7. The van der Waals surface area contributed by atoms with E-state index in [1.807, 2.05) is 34.2 Å². The minimum atomic E-state index is -0.246. The third kappa shape index (κ3) is 3.74. The van der Waals surface area contributed by atoms with Crippen LogP contribution in [0.4, 0.5) is 0 Å². The summed E-state index contributed by atoms with van der Waals surface area (Å²) in [6, 6.07) is 10.9. The molecule has 3 heterocycles. The van der Waals surface area contributed by atoms with Gasteiger partial charge in [-0.25, -0.2) is 4.52 Å². The number of halogens is 1. The van der Waals surface area contributed by atoms with Gasteiger partial charge in [-0.1, -0.05) is 0 Å². The van der Waals surface area contributed by atoms with Gasteiger partial charge in [0, 0.05) is 23.9 Å². The van der Waals surface area contributed by atoms with Gasteiger partial charge in [0.25, 0.3) is 5.91 Å². The maximum absolute atomic E-state index is 12.0. The maximum Gasteiger partial charge on any atom is 0.287 e. The fourth-order valence-electron chi connectivity index (χ4n) is 2.59. The van der Waals surface area contributed by atoms with Crippen LogP contribution < -0.4 is 10.1 Å². The van der Waals surface area contributed by atoms with E-state index in [1.165, 1.54) is 11.3 Å². The molecule has 0 atom stereocenters. The van der Waals surface area contributed by atoms with Crippen molar-refractivity contribution in [1.29, 1.82) is 0 Å². The van der Waals surface area contributed by atoms with E-state index in [4.69, 9.17) is 9.15 Å². The number of aromatic nitrogens is 3. The van der Waals surface area contributed by atoms with Gasteiger partial charge in [-0.15, -0.1) is 16.4 Å². The molecule has 1 aromatic carbocycles. The second-order valence-corrected chi connectivity index (χ2v) is 7.31. The van der Waals surface area contributed by atoms with Crippen LogP contribution in [0.15, 0.2) is 50.9 Å². The van der Waals surface area contributed by atoms with Crippen molar-refractivity contribution in [3.05, 3.63) is 57.9 Å². The molecule has 7 nitrogen and oxygen atoms in total. The number of fused-ring (bicyclic) bond motifs is 1. The second kappa shape index (κ2) is 7.53. The molecule has 0 fully saturated rings. The highest BCUT2D eigenvalue weighted by molar-refractivity contribution is 9.10. The highest BCUT2D eigenvalue weighted by Gasteiger charge is 2.13. The molecule has 3 aromatic heterocycles. The van der Waals surface area contributed by atoms with Crippen LogP contribution in [0.25, 0.3) is 16.3 Å². The summed E-state index contributed by atoms with van der Waals surface area (Å²) in [6.07, 6.45) is 0.638. The van der Waals surface area contributed by atoms with Crippen LogP contribution in [0.3, 0.4) is 0 Å². The lowest BCUT2D eigenvalue weighted by Crippen LogP contribution is -2.25. The zero-order valence-electron chi connectivity index (χ0n) is 14.3. The van der Waals surface area contributed by atoms with Gasteiger partial charge in [0.1, 0.15) is 5.75 Å². The summed E-state index contributed by atoms with van der Waals surface area (Å²) < 4.78 is 12.8. The summed E-state index contributed by atoms with van der Waals surface area (Å²) in [5.74, 6) is 1.49. The standard InChI is InChI=1S/C18H15BrN4O3S/c1-25-13-4-2-11(3-5-13)16-21-18-23(22-16)12(10-27-18)8-9-20-17(24)14-6-7-15(19)26-14/h2-7,10H,8-9H2,1H3,(H,20,24). The summed E-state index contributed by atoms with van der Waals surface area (Å²) in [5, 5.41) is 9.44. The van der Waals surface area contributed by atoms with E-state index in [9.17, 15) is 4.79 Å². The van der Waals surface area contributed by atoms with E-state index in [2.05, 4.69) is 31.3 Å². The van der Waals surface area contributed by atoms with Crippen molar-refractivity contribution in [3.8, 4) is 17.1 Å². The fourth-order valence-corrected chi connectivity index (χ4v) is 3.75. The molecule has 27 heavy (non-hydrogen) atoms. The summed E-state index contributed by atoms with van der Waals surface area (Å²) in [5.41, 5.74) is 1.91. The van der Waals surface area contributed by atoms with Crippen LogP contribution in [0.5, 0.6) is 5.75 Å². The van der Waals surface area contributed by atoms with Crippen molar-refractivity contribution in [2.45, 2.75) is 6.42 Å². The minimum absolute atomic E-state index is 0.246. The zero-order chi connectivity index (χ0) is 18.8. The van der Waals surface area contributed by atoms with Crippen LogP contribution >= 0.6 is 27.3 Å². The molecule has 0 saturated carbocycles. The number of nitrogens with one attached hydrogen (secondary N) is 1. The normalized spacial score (nSPS) is 11.0. The number of amides is 1. The van der Waals surface area contributed by atoms with Crippen LogP contribution in [-0.2, 0) is 6.42 Å². The molecule has 0 unspecified atom stereocenters. The Balaban J connectivity index is 1.44. The Labute approximate surface area is 167 Å². The number of nitrogens with zero attached hydrogens (tertiary/aromatic N) is 3. The van der Waals surface area contributed by atoms with Crippen molar-refractivity contribution in [2.24, 2.45) is 0 Å². The number of methoxy groups -OCH3 is 1. The quantitative estimate of drug-likeness (QED) is 0.487. The largest absolute Gasteiger partial charge is 0.497 e. The average molecular weight is 447 g/mol. The topological polar surface area (TPSA) is 81.7 Å². The Morgan fingerprint density at radius 1 is 1.30 bits per heavy atom. The van der Waals surface area contributed by atoms with Crippen molar-refractivity contribution >= 4 is 38.1 Å². The Kier molecular flexibility index (Phi) is 4.95. The molecule has 4 aromatic rings. The predicted octanol–water partition coefficient (Wildman–Crippen LogP) is 3.79. The van der Waals surface area contributed by atoms with Crippen molar-refractivity contribution in [1.82, 2.24) is 19.9 Å². The van der Waals surface area contributed by atoms with Gasteiger partial charge in [0.05, 0.1) is 12.8 Å². The molecule has 1 amide bonds. The lowest BCUT2D eigenvalue weighted by molar-refractivity contribution is 0.0925. The highest BCUT2D eigenvalue weighted by Crippen LogP contribution is 2.23. The molecule has 0 aliphatic carbocycles. The predicted molar refractivity (Wildman–Crippen MR) is 105 cm³/mol. The second-order valence-electron chi connectivity index (χ2n) is 5.69. The van der Waals surface area contributed by atoms with E-state index < -0.39 is 0 Å². The first-order chi connectivity index (χ1) is 13.1. The van der Waals surface area contributed by atoms with Crippen molar-refractivity contribution < 1.29 is 13.9 Å². The van der Waals surface area contributed by atoms with Gasteiger partial charge in [-0.3, -0.25) is 4.79 Å². The highest BCUT2D eigenvalue weighted by atomic mass is 79.9. The molecule has 0 saturated heterocycles. The number of rotatable bonds is 6. The van der Waals surface area contributed by atoms with E-state index in [-0.39, 0.29) is 11.7 Å². The van der Waals surface area contributed by atoms with E-state index >= 15 is 0 Å². The minimum Gasteiger partial charge on any atom is -0.497 e. The van der Waals surface area contributed by atoms with Crippen LogP contribution in [0, 0.1) is 0 Å². The monoisotopic (exact) mass is 446 g/mol. The third-order valence-electron chi connectivity index (χ3n) is 3.96. The molecule has 1 N–H and O–H groups in total. The van der Waals surface area contributed by atoms with Crippen molar-refractivity contribution in [3.63, 3.8) is 0 Å². The molecule has 0 aliphatic heterocycles. The molecular formula is C18H15BrN4O3S. The van der Waals surface area contributed by atoms with Gasteiger partial charge < -0.3 is 14.5 Å². The maximum atomic E-state index is 12.0. The average Bonchev–Trinajstić information content (AvgIpc) is 3.38. The number of ether oxygens (including phenoxy) is 1.